The highest BCUT2D eigenvalue weighted by atomic mass is 35.5. The average Bonchev–Trinajstić information content (AvgIpc) is 3.40. The third-order valence-electron chi connectivity index (χ3n) is 6.58. The van der Waals surface area contributed by atoms with E-state index in [2.05, 4.69) is 30.9 Å². The van der Waals surface area contributed by atoms with Crippen LogP contribution in [0.25, 0.3) is 22.5 Å². The second kappa shape index (κ2) is 9.69. The van der Waals surface area contributed by atoms with Gasteiger partial charge in [0, 0.05) is 35.6 Å². The molecule has 8 nitrogen and oxygen atoms in total. The highest BCUT2D eigenvalue weighted by Gasteiger charge is 2.34. The zero-order chi connectivity index (χ0) is 24.4. The average molecular weight is 493 g/mol. The predicted octanol–water partition coefficient (Wildman–Crippen LogP) is 4.39. The summed E-state index contributed by atoms with van der Waals surface area (Å²) in [6, 6.07) is 14.4. The van der Waals surface area contributed by atoms with Gasteiger partial charge in [-0.25, -0.2) is 4.39 Å². The molecule has 0 amide bonds. The lowest BCUT2D eigenvalue weighted by atomic mass is 9.77. The summed E-state index contributed by atoms with van der Waals surface area (Å²) in [6.45, 7) is 0.410. The van der Waals surface area contributed by atoms with Crippen molar-refractivity contribution in [3.05, 3.63) is 76.8 Å². The van der Waals surface area contributed by atoms with E-state index in [9.17, 15) is 4.39 Å². The Balaban J connectivity index is 1.51. The number of pyridine rings is 1. The first-order valence-corrected chi connectivity index (χ1v) is 11.9. The minimum atomic E-state index is -0.530. The monoisotopic (exact) mass is 492 g/mol. The van der Waals surface area contributed by atoms with Crippen LogP contribution in [0.5, 0.6) is 0 Å². The van der Waals surface area contributed by atoms with Gasteiger partial charge in [0.1, 0.15) is 5.82 Å². The standard InChI is InChI=1S/C25H26ClFN8/c26-21-14-31-23(25(29)8-6-18(28)7-9-25)12-20(21)16-4-5-19(24-32-34-35-33-24)22(11-16)30-13-15-2-1-3-17(27)10-15/h1-5,10-12,14,18,30H,6-9,13,28-29H2,(H,32,33,34,35). The van der Waals surface area contributed by atoms with Gasteiger partial charge in [-0.05, 0) is 72.4 Å². The molecule has 0 saturated heterocycles. The maximum Gasteiger partial charge on any atom is 0.206 e. The third-order valence-corrected chi connectivity index (χ3v) is 6.88. The third kappa shape index (κ3) is 5.02. The van der Waals surface area contributed by atoms with E-state index in [1.807, 2.05) is 30.3 Å². The largest absolute Gasteiger partial charge is 0.380 e. The Kier molecular flexibility index (Phi) is 6.46. The predicted molar refractivity (Wildman–Crippen MR) is 134 cm³/mol. The Morgan fingerprint density at radius 1 is 1.11 bits per heavy atom. The highest BCUT2D eigenvalue weighted by molar-refractivity contribution is 6.33. The summed E-state index contributed by atoms with van der Waals surface area (Å²) in [7, 11) is 0. The molecule has 2 aromatic heterocycles. The molecule has 0 bridgehead atoms. The van der Waals surface area contributed by atoms with Gasteiger partial charge in [0.2, 0.25) is 5.82 Å². The van der Waals surface area contributed by atoms with E-state index in [0.29, 0.717) is 17.4 Å². The normalized spacial score (nSPS) is 20.1. The first-order valence-electron chi connectivity index (χ1n) is 11.5. The van der Waals surface area contributed by atoms with E-state index in [1.54, 1.807) is 12.3 Å². The second-order valence-electron chi connectivity index (χ2n) is 9.02. The number of H-pyrrole nitrogens is 1. The van der Waals surface area contributed by atoms with Gasteiger partial charge in [0.25, 0.3) is 0 Å². The Hall–Kier alpha value is -3.40. The van der Waals surface area contributed by atoms with Crippen molar-refractivity contribution in [3.63, 3.8) is 0 Å². The van der Waals surface area contributed by atoms with Crippen LogP contribution in [0.4, 0.5) is 10.1 Å². The minimum Gasteiger partial charge on any atom is -0.380 e. The molecule has 35 heavy (non-hydrogen) atoms. The molecule has 1 saturated carbocycles. The number of nitrogens with zero attached hydrogens (tertiary/aromatic N) is 4. The van der Waals surface area contributed by atoms with Crippen molar-refractivity contribution >= 4 is 17.3 Å². The number of aromatic amines is 1. The molecule has 180 valence electrons. The Bertz CT molecular complexity index is 1320. The molecule has 1 aliphatic carbocycles. The molecule has 0 unspecified atom stereocenters. The van der Waals surface area contributed by atoms with Crippen LogP contribution in [0.2, 0.25) is 5.02 Å². The molecule has 2 heterocycles. The van der Waals surface area contributed by atoms with Crippen molar-refractivity contribution in [2.24, 2.45) is 11.5 Å². The smallest absolute Gasteiger partial charge is 0.206 e. The maximum atomic E-state index is 13.7. The number of anilines is 1. The number of aromatic nitrogens is 5. The van der Waals surface area contributed by atoms with E-state index < -0.39 is 5.54 Å². The molecule has 0 spiro atoms. The van der Waals surface area contributed by atoms with Crippen LogP contribution in [-0.2, 0) is 12.1 Å². The number of hydrogen-bond acceptors (Lipinski definition) is 7. The molecule has 2 aromatic carbocycles. The van der Waals surface area contributed by atoms with Crippen molar-refractivity contribution in [2.45, 2.75) is 43.8 Å². The molecule has 0 aliphatic heterocycles. The van der Waals surface area contributed by atoms with Crippen LogP contribution in [0.3, 0.4) is 0 Å². The SMILES string of the molecule is NC1CCC(N)(c2cc(-c3ccc(-c4nn[nH]n4)c(NCc4cccc(F)c4)c3)c(Cl)cn2)CC1. The van der Waals surface area contributed by atoms with E-state index in [-0.39, 0.29) is 11.9 Å². The number of hydrogen-bond donors (Lipinski definition) is 4. The van der Waals surface area contributed by atoms with Gasteiger partial charge in [-0.15, -0.1) is 10.2 Å². The summed E-state index contributed by atoms with van der Waals surface area (Å²) in [5.74, 6) is 0.159. The number of nitrogens with one attached hydrogen (secondary N) is 2. The van der Waals surface area contributed by atoms with Crippen molar-refractivity contribution < 1.29 is 4.39 Å². The molecule has 0 radical (unpaired) electrons. The Labute approximate surface area is 207 Å². The van der Waals surface area contributed by atoms with Gasteiger partial charge < -0.3 is 16.8 Å². The number of benzene rings is 2. The first kappa shape index (κ1) is 23.3. The van der Waals surface area contributed by atoms with Crippen LogP contribution in [0, 0.1) is 5.82 Å². The first-order chi connectivity index (χ1) is 16.9. The molecule has 6 N–H and O–H groups in total. The van der Waals surface area contributed by atoms with Gasteiger partial charge in [-0.3, -0.25) is 4.98 Å². The van der Waals surface area contributed by atoms with Gasteiger partial charge in [0.05, 0.1) is 16.3 Å². The van der Waals surface area contributed by atoms with Crippen molar-refractivity contribution in [1.29, 1.82) is 0 Å². The quantitative estimate of drug-likeness (QED) is 0.314. The molecule has 0 atom stereocenters. The Morgan fingerprint density at radius 3 is 2.69 bits per heavy atom. The van der Waals surface area contributed by atoms with Crippen LogP contribution < -0.4 is 16.8 Å². The van der Waals surface area contributed by atoms with Crippen LogP contribution >= 0.6 is 11.6 Å². The minimum absolute atomic E-state index is 0.183. The van der Waals surface area contributed by atoms with Crippen LogP contribution in [0.1, 0.15) is 36.9 Å². The summed E-state index contributed by atoms with van der Waals surface area (Å²) in [6.07, 6.45) is 4.94. The number of halogens is 2. The van der Waals surface area contributed by atoms with E-state index in [4.69, 9.17) is 23.1 Å². The molecule has 5 rings (SSSR count). The lowest BCUT2D eigenvalue weighted by Crippen LogP contribution is -2.44. The van der Waals surface area contributed by atoms with Gasteiger partial charge in [-0.2, -0.15) is 5.21 Å². The summed E-state index contributed by atoms with van der Waals surface area (Å²) in [5, 5.41) is 18.3. The molecular weight excluding hydrogens is 467 g/mol. The highest BCUT2D eigenvalue weighted by Crippen LogP contribution is 2.38. The van der Waals surface area contributed by atoms with Gasteiger partial charge in [0.15, 0.2) is 0 Å². The maximum absolute atomic E-state index is 13.7. The summed E-state index contributed by atoms with van der Waals surface area (Å²) < 4.78 is 13.7. The Morgan fingerprint density at radius 2 is 1.94 bits per heavy atom. The van der Waals surface area contributed by atoms with E-state index in [0.717, 1.165) is 59.3 Å². The van der Waals surface area contributed by atoms with E-state index in [1.165, 1.54) is 12.1 Å². The zero-order valence-electron chi connectivity index (χ0n) is 19.0. The number of rotatable bonds is 6. The summed E-state index contributed by atoms with van der Waals surface area (Å²) in [5.41, 5.74) is 17.1. The molecule has 1 fully saturated rings. The fraction of sp³-hybridized carbons (Fsp3) is 0.280. The lowest BCUT2D eigenvalue weighted by Gasteiger charge is -2.35. The van der Waals surface area contributed by atoms with Crippen LogP contribution in [0.15, 0.2) is 54.7 Å². The second-order valence-corrected chi connectivity index (χ2v) is 9.43. The van der Waals surface area contributed by atoms with Crippen LogP contribution in [-0.4, -0.2) is 31.6 Å². The fourth-order valence-corrected chi connectivity index (χ4v) is 4.73. The van der Waals surface area contributed by atoms with Crippen molar-refractivity contribution in [1.82, 2.24) is 25.6 Å². The topological polar surface area (TPSA) is 131 Å². The number of nitrogens with two attached hydrogens (primary N) is 2. The zero-order valence-corrected chi connectivity index (χ0v) is 19.8. The van der Waals surface area contributed by atoms with Crippen molar-refractivity contribution in [2.75, 3.05) is 5.32 Å². The summed E-state index contributed by atoms with van der Waals surface area (Å²) in [4.78, 5) is 4.57. The molecule has 1 aliphatic rings. The van der Waals surface area contributed by atoms with Gasteiger partial charge >= 0.3 is 0 Å². The summed E-state index contributed by atoms with van der Waals surface area (Å²) >= 11 is 6.60. The van der Waals surface area contributed by atoms with Gasteiger partial charge in [-0.1, -0.05) is 29.8 Å². The number of tetrazole rings is 1. The van der Waals surface area contributed by atoms with E-state index >= 15 is 0 Å². The van der Waals surface area contributed by atoms with Crippen molar-refractivity contribution in [3.8, 4) is 22.5 Å². The fourth-order valence-electron chi connectivity index (χ4n) is 4.52. The molecule has 10 heteroatoms. The molecule has 4 aromatic rings. The molecular formula is C25H26ClFN8. The lowest BCUT2D eigenvalue weighted by molar-refractivity contribution is 0.271.